The van der Waals surface area contributed by atoms with Crippen molar-refractivity contribution in [3.8, 4) is 6.07 Å². The van der Waals surface area contributed by atoms with E-state index in [1.54, 1.807) is 6.26 Å². The molecule has 0 amide bonds. The zero-order valence-corrected chi connectivity index (χ0v) is 7.12. The van der Waals surface area contributed by atoms with Crippen molar-refractivity contribution < 1.29 is 4.21 Å². The second-order valence-corrected chi connectivity index (χ2v) is 3.80. The smallest absolute Gasteiger partial charge is 0.0621 e. The van der Waals surface area contributed by atoms with Gasteiger partial charge in [0.25, 0.3) is 0 Å². The molecule has 0 spiro atoms. The predicted molar refractivity (Wildman–Crippen MR) is 43.0 cm³/mol. The summed E-state index contributed by atoms with van der Waals surface area (Å²) in [7, 11) is -0.654. The van der Waals surface area contributed by atoms with Crippen molar-refractivity contribution in [2.45, 2.75) is 25.7 Å². The second-order valence-electron chi connectivity index (χ2n) is 2.25. The molecule has 0 fully saturated rings. The summed E-state index contributed by atoms with van der Waals surface area (Å²) in [4.78, 5) is 0. The quantitative estimate of drug-likeness (QED) is 0.570. The van der Waals surface area contributed by atoms with Crippen LogP contribution >= 0.6 is 0 Å². The summed E-state index contributed by atoms with van der Waals surface area (Å²) in [5.41, 5.74) is 0. The summed E-state index contributed by atoms with van der Waals surface area (Å²) in [6.07, 6.45) is 5.33. The molecule has 2 nitrogen and oxygen atoms in total. The Balaban J connectivity index is 2.92. The Morgan fingerprint density at radius 3 is 2.60 bits per heavy atom. The topological polar surface area (TPSA) is 40.9 Å². The van der Waals surface area contributed by atoms with Crippen LogP contribution < -0.4 is 0 Å². The van der Waals surface area contributed by atoms with Gasteiger partial charge in [-0.1, -0.05) is 6.42 Å². The van der Waals surface area contributed by atoms with E-state index in [1.165, 1.54) is 0 Å². The molecule has 0 aromatic rings. The maximum absolute atomic E-state index is 10.5. The summed E-state index contributed by atoms with van der Waals surface area (Å²) < 4.78 is 10.5. The second kappa shape index (κ2) is 6.76. The molecule has 0 aromatic heterocycles. The van der Waals surface area contributed by atoms with Crippen LogP contribution in [0.15, 0.2) is 0 Å². The Kier molecular flexibility index (Phi) is 6.51. The van der Waals surface area contributed by atoms with E-state index in [9.17, 15) is 4.21 Å². The Labute approximate surface area is 64.7 Å². The number of nitrogens with zero attached hydrogens (tertiary/aromatic N) is 1. The van der Waals surface area contributed by atoms with E-state index in [4.69, 9.17) is 5.26 Å². The van der Waals surface area contributed by atoms with E-state index in [1.807, 2.05) is 0 Å². The van der Waals surface area contributed by atoms with Gasteiger partial charge in [0.1, 0.15) is 0 Å². The Morgan fingerprint density at radius 1 is 1.40 bits per heavy atom. The minimum absolute atomic E-state index is 0.635. The van der Waals surface area contributed by atoms with Crippen molar-refractivity contribution in [1.82, 2.24) is 0 Å². The van der Waals surface area contributed by atoms with Gasteiger partial charge in [-0.25, -0.2) is 0 Å². The van der Waals surface area contributed by atoms with Crippen LogP contribution in [0.4, 0.5) is 0 Å². The molecule has 3 heteroatoms. The lowest BCUT2D eigenvalue weighted by Crippen LogP contribution is -1.92. The lowest BCUT2D eigenvalue weighted by atomic mass is 10.2. The molecule has 0 aromatic carbocycles. The summed E-state index contributed by atoms with van der Waals surface area (Å²) >= 11 is 0. The van der Waals surface area contributed by atoms with Gasteiger partial charge >= 0.3 is 0 Å². The molecule has 0 bridgehead atoms. The average Bonchev–Trinajstić information content (AvgIpc) is 1.87. The van der Waals surface area contributed by atoms with Crippen LogP contribution in [0.5, 0.6) is 0 Å². The van der Waals surface area contributed by atoms with Crippen molar-refractivity contribution >= 4 is 10.8 Å². The fourth-order valence-corrected chi connectivity index (χ4v) is 1.30. The van der Waals surface area contributed by atoms with Gasteiger partial charge in [0.2, 0.25) is 0 Å². The number of nitriles is 1. The van der Waals surface area contributed by atoms with Gasteiger partial charge in [0.15, 0.2) is 0 Å². The molecule has 1 atom stereocenters. The van der Waals surface area contributed by atoms with Crippen LogP contribution in [0.3, 0.4) is 0 Å². The highest BCUT2D eigenvalue weighted by Gasteiger charge is 1.90. The average molecular weight is 159 g/mol. The lowest BCUT2D eigenvalue weighted by Gasteiger charge is -1.93. The zero-order valence-electron chi connectivity index (χ0n) is 6.30. The molecular formula is C7H13NOS. The lowest BCUT2D eigenvalue weighted by molar-refractivity contribution is 0.677. The Hall–Kier alpha value is -0.360. The largest absolute Gasteiger partial charge is 0.260 e. The van der Waals surface area contributed by atoms with E-state index < -0.39 is 10.8 Å². The van der Waals surface area contributed by atoms with Gasteiger partial charge < -0.3 is 0 Å². The van der Waals surface area contributed by atoms with E-state index >= 15 is 0 Å². The Morgan fingerprint density at radius 2 is 2.10 bits per heavy atom. The maximum Gasteiger partial charge on any atom is 0.0621 e. The standard InChI is InChI=1S/C7H13NOS/c1-10(9)7-5-3-2-4-6-8/h2-5,7H2,1H3. The Bertz CT molecular complexity index is 139. The minimum atomic E-state index is -0.654. The fraction of sp³-hybridized carbons (Fsp3) is 0.857. The molecule has 1 unspecified atom stereocenters. The third-order valence-electron chi connectivity index (χ3n) is 1.22. The molecule has 0 N–H and O–H groups in total. The van der Waals surface area contributed by atoms with Gasteiger partial charge in [0, 0.05) is 29.2 Å². The first-order valence-electron chi connectivity index (χ1n) is 3.44. The molecule has 0 rings (SSSR count). The first-order valence-corrected chi connectivity index (χ1v) is 5.17. The molecule has 0 saturated heterocycles. The summed E-state index contributed by atoms with van der Waals surface area (Å²) in [6, 6.07) is 2.08. The highest BCUT2D eigenvalue weighted by atomic mass is 32.2. The summed E-state index contributed by atoms with van der Waals surface area (Å²) in [5.74, 6) is 0.783. The van der Waals surface area contributed by atoms with Gasteiger partial charge in [0.05, 0.1) is 6.07 Å². The number of unbranched alkanes of at least 4 members (excludes halogenated alkanes) is 3. The highest BCUT2D eigenvalue weighted by molar-refractivity contribution is 7.84. The molecule has 0 heterocycles. The normalized spacial score (nSPS) is 12.4. The third kappa shape index (κ3) is 7.64. The molecule has 10 heavy (non-hydrogen) atoms. The molecular weight excluding hydrogens is 146 g/mol. The van der Waals surface area contributed by atoms with Crippen LogP contribution in [0.2, 0.25) is 0 Å². The maximum atomic E-state index is 10.5. The summed E-state index contributed by atoms with van der Waals surface area (Å²) in [5, 5.41) is 8.16. The van der Waals surface area contributed by atoms with E-state index in [0.29, 0.717) is 6.42 Å². The van der Waals surface area contributed by atoms with E-state index in [-0.39, 0.29) is 0 Å². The van der Waals surface area contributed by atoms with Crippen LogP contribution in [0.25, 0.3) is 0 Å². The molecule has 0 aliphatic rings. The van der Waals surface area contributed by atoms with Crippen LogP contribution in [-0.4, -0.2) is 16.2 Å². The molecule has 0 radical (unpaired) electrons. The van der Waals surface area contributed by atoms with Crippen molar-refractivity contribution in [2.24, 2.45) is 0 Å². The molecule has 0 saturated carbocycles. The number of rotatable bonds is 5. The van der Waals surface area contributed by atoms with Gasteiger partial charge in [-0.05, 0) is 12.8 Å². The van der Waals surface area contributed by atoms with E-state index in [2.05, 4.69) is 6.07 Å². The minimum Gasteiger partial charge on any atom is -0.260 e. The molecule has 0 aliphatic heterocycles. The predicted octanol–water partition coefficient (Wildman–Crippen LogP) is 1.45. The molecule has 0 aliphatic carbocycles. The number of hydrogen-bond donors (Lipinski definition) is 0. The zero-order chi connectivity index (χ0) is 7.82. The monoisotopic (exact) mass is 159 g/mol. The van der Waals surface area contributed by atoms with Crippen molar-refractivity contribution in [1.29, 1.82) is 5.26 Å². The summed E-state index contributed by atoms with van der Waals surface area (Å²) in [6.45, 7) is 0. The van der Waals surface area contributed by atoms with Gasteiger partial charge in [-0.2, -0.15) is 5.26 Å². The first-order chi connectivity index (χ1) is 4.77. The van der Waals surface area contributed by atoms with Crippen molar-refractivity contribution in [3.63, 3.8) is 0 Å². The van der Waals surface area contributed by atoms with E-state index in [0.717, 1.165) is 25.0 Å². The first kappa shape index (κ1) is 9.64. The van der Waals surface area contributed by atoms with Gasteiger partial charge in [-0.3, -0.25) is 4.21 Å². The third-order valence-corrected chi connectivity index (χ3v) is 2.08. The van der Waals surface area contributed by atoms with Crippen LogP contribution in [0.1, 0.15) is 25.7 Å². The highest BCUT2D eigenvalue weighted by Crippen LogP contribution is 1.98. The SMILES string of the molecule is CS(=O)CCCCCC#N. The van der Waals surface area contributed by atoms with Crippen molar-refractivity contribution in [3.05, 3.63) is 0 Å². The van der Waals surface area contributed by atoms with Gasteiger partial charge in [-0.15, -0.1) is 0 Å². The molecule has 58 valence electrons. The fourth-order valence-electron chi connectivity index (χ4n) is 0.686. The number of hydrogen-bond acceptors (Lipinski definition) is 2. The van der Waals surface area contributed by atoms with Crippen LogP contribution in [-0.2, 0) is 10.8 Å². The van der Waals surface area contributed by atoms with Crippen molar-refractivity contribution in [2.75, 3.05) is 12.0 Å². The van der Waals surface area contributed by atoms with Crippen LogP contribution in [0, 0.1) is 11.3 Å².